The molecule has 2 aromatic rings. The van der Waals surface area contributed by atoms with Gasteiger partial charge in [0, 0.05) is 25.7 Å². The summed E-state index contributed by atoms with van der Waals surface area (Å²) in [4.78, 5) is 24.6. The van der Waals surface area contributed by atoms with Gasteiger partial charge in [-0.25, -0.2) is 13.6 Å². The predicted molar refractivity (Wildman–Crippen MR) is 102 cm³/mol. The number of alkyl halides is 1. The van der Waals surface area contributed by atoms with Gasteiger partial charge in [0.25, 0.3) is 0 Å². The summed E-state index contributed by atoms with van der Waals surface area (Å²) in [6.45, 7) is 1.49. The molecular formula is C19H18ClF2N3O4. The van der Waals surface area contributed by atoms with Gasteiger partial charge in [0.15, 0.2) is 11.6 Å². The van der Waals surface area contributed by atoms with E-state index in [4.69, 9.17) is 16.7 Å². The number of ether oxygens (including phenoxy) is 1. The summed E-state index contributed by atoms with van der Waals surface area (Å²) in [5, 5.41) is 11.8. The Hall–Kier alpha value is -2.39. The minimum Gasteiger partial charge on any atom is -0.449 e. The zero-order chi connectivity index (χ0) is 20.5. The van der Waals surface area contributed by atoms with Crippen LogP contribution in [-0.4, -0.2) is 46.4 Å². The third-order valence-electron chi connectivity index (χ3n) is 6.07. The maximum atomic E-state index is 15.7. The first-order valence-electron chi connectivity index (χ1n) is 9.44. The molecule has 7 nitrogen and oxygen atoms in total. The van der Waals surface area contributed by atoms with Gasteiger partial charge in [0.1, 0.15) is 11.5 Å². The highest BCUT2D eigenvalue weighted by Gasteiger charge is 2.50. The molecule has 0 amide bonds. The molecule has 5 rings (SSSR count). The van der Waals surface area contributed by atoms with Crippen molar-refractivity contribution < 1.29 is 23.4 Å². The smallest absolute Gasteiger partial charge is 0.449 e. The second-order valence-electron chi connectivity index (χ2n) is 7.87. The molecule has 2 saturated heterocycles. The van der Waals surface area contributed by atoms with E-state index in [1.54, 1.807) is 4.90 Å². The summed E-state index contributed by atoms with van der Waals surface area (Å²) in [7, 11) is 0. The molecule has 0 radical (unpaired) electrons. The molecule has 29 heavy (non-hydrogen) atoms. The molecule has 0 spiro atoms. The normalized spacial score (nSPS) is 26.2. The number of nitrogens with one attached hydrogen (secondary N) is 1. The van der Waals surface area contributed by atoms with Crippen molar-refractivity contribution in [3.05, 3.63) is 34.1 Å². The van der Waals surface area contributed by atoms with Crippen molar-refractivity contribution in [1.82, 2.24) is 9.88 Å². The molecule has 1 aliphatic carbocycles. The lowest BCUT2D eigenvalue weighted by atomic mass is 10.0. The molecular weight excluding hydrogens is 408 g/mol. The standard InChI is InChI=1S/C19H18ClF2N3O4/c20-19-3-4-24(13(19)6-23-8-19)16-11(21)5-10-15(14(16)22)25(9-1-2-9)7-12(17(10)26)29-18(27)28/h5,7,9,13,23H,1-4,6,8H2,(H,27,28). The molecule has 2 atom stereocenters. The van der Waals surface area contributed by atoms with Crippen molar-refractivity contribution in [1.29, 1.82) is 0 Å². The van der Waals surface area contributed by atoms with Gasteiger partial charge in [-0.1, -0.05) is 0 Å². The lowest BCUT2D eigenvalue weighted by Gasteiger charge is -2.29. The van der Waals surface area contributed by atoms with Crippen LogP contribution in [0.2, 0.25) is 0 Å². The fraction of sp³-hybridized carbons (Fsp3) is 0.474. The number of carbonyl (C=O) groups is 1. The third-order valence-corrected chi connectivity index (χ3v) is 6.65. The van der Waals surface area contributed by atoms with Crippen molar-refractivity contribution >= 4 is 34.3 Å². The van der Waals surface area contributed by atoms with E-state index in [9.17, 15) is 9.59 Å². The van der Waals surface area contributed by atoms with Crippen LogP contribution in [0.4, 0.5) is 19.3 Å². The predicted octanol–water partition coefficient (Wildman–Crippen LogP) is 2.83. The Bertz CT molecular complexity index is 1100. The fourth-order valence-corrected chi connectivity index (χ4v) is 4.94. The number of nitrogens with zero attached hydrogens (tertiary/aromatic N) is 2. The number of hydrogen-bond acceptors (Lipinski definition) is 5. The van der Waals surface area contributed by atoms with Gasteiger partial charge in [-0.2, -0.15) is 0 Å². The average molecular weight is 426 g/mol. The number of hydrogen-bond donors (Lipinski definition) is 2. The highest BCUT2D eigenvalue weighted by molar-refractivity contribution is 6.25. The number of pyridine rings is 1. The monoisotopic (exact) mass is 425 g/mol. The summed E-state index contributed by atoms with van der Waals surface area (Å²) in [5.41, 5.74) is -1.10. The second kappa shape index (κ2) is 6.30. The first-order valence-corrected chi connectivity index (χ1v) is 9.82. The Labute approximate surface area is 168 Å². The molecule has 2 aliphatic heterocycles. The number of benzene rings is 1. The van der Waals surface area contributed by atoms with Gasteiger partial charge in [0.2, 0.25) is 5.43 Å². The topological polar surface area (TPSA) is 83.8 Å². The van der Waals surface area contributed by atoms with E-state index in [1.807, 2.05) is 0 Å². The molecule has 2 unspecified atom stereocenters. The van der Waals surface area contributed by atoms with Gasteiger partial charge >= 0.3 is 6.16 Å². The second-order valence-corrected chi connectivity index (χ2v) is 8.62. The average Bonchev–Trinajstić information content (AvgIpc) is 3.35. The van der Waals surface area contributed by atoms with E-state index in [1.165, 1.54) is 10.8 Å². The van der Waals surface area contributed by atoms with Gasteiger partial charge in [-0.3, -0.25) is 4.79 Å². The summed E-state index contributed by atoms with van der Waals surface area (Å²) in [6.07, 6.45) is 1.62. The molecule has 10 heteroatoms. The molecule has 3 aliphatic rings. The van der Waals surface area contributed by atoms with Crippen molar-refractivity contribution in [2.24, 2.45) is 0 Å². The number of anilines is 1. The van der Waals surface area contributed by atoms with Crippen LogP contribution in [0.15, 0.2) is 17.1 Å². The Kier molecular flexibility index (Phi) is 4.05. The number of halogens is 3. The highest BCUT2D eigenvalue weighted by Crippen LogP contribution is 2.44. The van der Waals surface area contributed by atoms with Crippen LogP contribution in [-0.2, 0) is 0 Å². The number of rotatable bonds is 3. The van der Waals surface area contributed by atoms with E-state index in [0.29, 0.717) is 26.1 Å². The molecule has 1 aromatic heterocycles. The van der Waals surface area contributed by atoms with Crippen LogP contribution in [0.1, 0.15) is 25.3 Å². The van der Waals surface area contributed by atoms with Gasteiger partial charge < -0.3 is 24.6 Å². The molecule has 3 heterocycles. The van der Waals surface area contributed by atoms with Crippen molar-refractivity contribution in [2.75, 3.05) is 24.5 Å². The Morgan fingerprint density at radius 2 is 2.14 bits per heavy atom. The lowest BCUT2D eigenvalue weighted by molar-refractivity contribution is 0.143. The van der Waals surface area contributed by atoms with Crippen LogP contribution in [0.5, 0.6) is 5.75 Å². The molecule has 1 saturated carbocycles. The Balaban J connectivity index is 1.73. The van der Waals surface area contributed by atoms with Gasteiger partial charge in [0.05, 0.1) is 28.0 Å². The van der Waals surface area contributed by atoms with Crippen LogP contribution in [0.25, 0.3) is 10.9 Å². The van der Waals surface area contributed by atoms with E-state index in [0.717, 1.165) is 18.9 Å². The van der Waals surface area contributed by atoms with Gasteiger partial charge in [-0.05, 0) is 25.3 Å². The van der Waals surface area contributed by atoms with Crippen LogP contribution < -0.4 is 20.4 Å². The van der Waals surface area contributed by atoms with E-state index >= 15 is 8.78 Å². The highest BCUT2D eigenvalue weighted by atomic mass is 35.5. The SMILES string of the molecule is O=C(O)Oc1cn(C2CC2)c2c(F)c(N3CCC4(Cl)CNCC34)c(F)cc2c1=O. The summed E-state index contributed by atoms with van der Waals surface area (Å²) >= 11 is 6.65. The van der Waals surface area contributed by atoms with Crippen LogP contribution in [0, 0.1) is 11.6 Å². The summed E-state index contributed by atoms with van der Waals surface area (Å²) in [5.74, 6) is -2.18. The van der Waals surface area contributed by atoms with Gasteiger partial charge in [-0.15, -0.1) is 11.6 Å². The van der Waals surface area contributed by atoms with E-state index in [2.05, 4.69) is 10.1 Å². The first-order chi connectivity index (χ1) is 13.8. The zero-order valence-electron chi connectivity index (χ0n) is 15.3. The first kappa shape index (κ1) is 18.6. The molecule has 1 aromatic carbocycles. The fourth-order valence-electron chi connectivity index (χ4n) is 4.57. The molecule has 2 N–H and O–H groups in total. The maximum absolute atomic E-state index is 15.7. The molecule has 0 bridgehead atoms. The molecule has 3 fully saturated rings. The Morgan fingerprint density at radius 1 is 1.38 bits per heavy atom. The Morgan fingerprint density at radius 3 is 2.83 bits per heavy atom. The maximum Gasteiger partial charge on any atom is 0.511 e. The van der Waals surface area contributed by atoms with Crippen molar-refractivity contribution in [2.45, 2.75) is 36.2 Å². The molecule has 154 valence electrons. The van der Waals surface area contributed by atoms with Crippen molar-refractivity contribution in [3.8, 4) is 5.75 Å². The lowest BCUT2D eigenvalue weighted by Crippen LogP contribution is -2.40. The number of fused-ring (bicyclic) bond motifs is 2. The minimum atomic E-state index is -1.66. The third kappa shape index (κ3) is 2.78. The number of carboxylic acid groups (broad SMARTS) is 1. The quantitative estimate of drug-likeness (QED) is 0.581. The van der Waals surface area contributed by atoms with Crippen LogP contribution >= 0.6 is 11.6 Å². The minimum absolute atomic E-state index is 0.0373. The van der Waals surface area contributed by atoms with Crippen LogP contribution in [0.3, 0.4) is 0 Å². The zero-order valence-corrected chi connectivity index (χ0v) is 16.0. The van der Waals surface area contributed by atoms with Crippen molar-refractivity contribution in [3.63, 3.8) is 0 Å². The van der Waals surface area contributed by atoms with E-state index in [-0.39, 0.29) is 28.7 Å². The summed E-state index contributed by atoms with van der Waals surface area (Å²) in [6, 6.07) is 0.613. The summed E-state index contributed by atoms with van der Waals surface area (Å²) < 4.78 is 36.9. The van der Waals surface area contributed by atoms with E-state index < -0.39 is 33.8 Å². The largest absolute Gasteiger partial charge is 0.511 e. The number of aromatic nitrogens is 1.